The molecule has 1 saturated heterocycles. The largest absolute Gasteiger partial charge is 0.390 e. The maximum Gasteiger partial charge on any atom is 0.240 e. The lowest BCUT2D eigenvalue weighted by atomic mass is 9.89. The highest BCUT2D eigenvalue weighted by Gasteiger charge is 2.58. The molecule has 6 rings (SSSR count). The van der Waals surface area contributed by atoms with Gasteiger partial charge in [0.05, 0.1) is 18.6 Å². The minimum Gasteiger partial charge on any atom is -0.390 e. The fourth-order valence-corrected chi connectivity index (χ4v) is 6.79. The van der Waals surface area contributed by atoms with Crippen LogP contribution in [0.25, 0.3) is 11.1 Å². The Hall–Kier alpha value is -3.58. The zero-order valence-electron chi connectivity index (χ0n) is 23.1. The van der Waals surface area contributed by atoms with Gasteiger partial charge in [0, 0.05) is 29.4 Å². The molecule has 2 fully saturated rings. The summed E-state index contributed by atoms with van der Waals surface area (Å²) >= 11 is 0. The Morgan fingerprint density at radius 1 is 1.00 bits per heavy atom. The first-order chi connectivity index (χ1) is 19.4. The number of rotatable bonds is 3. The number of fused-ring (bicyclic) bond motifs is 5. The van der Waals surface area contributed by atoms with Crippen LogP contribution in [0.2, 0.25) is 0 Å². The molecular weight excluding hydrogens is 502 g/mol. The summed E-state index contributed by atoms with van der Waals surface area (Å²) in [4.78, 5) is 47.7. The Balaban J connectivity index is 1.26. The van der Waals surface area contributed by atoms with Crippen LogP contribution in [0, 0.1) is 11.3 Å². The molecule has 2 heterocycles. The molecule has 7 nitrogen and oxygen atoms in total. The molecule has 208 valence electrons. The number of benzene rings is 2. The summed E-state index contributed by atoms with van der Waals surface area (Å²) in [5, 5.41) is 4.60. The summed E-state index contributed by atoms with van der Waals surface area (Å²) in [5.41, 5.74) is 10.7. The maximum absolute atomic E-state index is 13.8. The van der Waals surface area contributed by atoms with Gasteiger partial charge in [-0.05, 0) is 49.7 Å². The number of carbonyl (C=O) groups is 3. The summed E-state index contributed by atoms with van der Waals surface area (Å²) in [6, 6.07) is 14.9. The van der Waals surface area contributed by atoms with Gasteiger partial charge in [-0.3, -0.25) is 14.4 Å². The second-order valence-electron chi connectivity index (χ2n) is 11.8. The lowest BCUT2D eigenvalue weighted by Gasteiger charge is -2.27. The third-order valence-electron chi connectivity index (χ3n) is 9.26. The highest BCUT2D eigenvalue weighted by molar-refractivity contribution is 6.24. The highest BCUT2D eigenvalue weighted by Crippen LogP contribution is 2.57. The molecule has 2 aromatic carbocycles. The van der Waals surface area contributed by atoms with Crippen molar-refractivity contribution in [2.45, 2.75) is 76.5 Å². The first-order valence-corrected chi connectivity index (χ1v) is 14.6. The van der Waals surface area contributed by atoms with Crippen LogP contribution in [-0.4, -0.2) is 52.8 Å². The minimum atomic E-state index is -0.668. The molecule has 4 aliphatic rings. The summed E-state index contributed by atoms with van der Waals surface area (Å²) in [7, 11) is 0. The van der Waals surface area contributed by atoms with Crippen molar-refractivity contribution < 1.29 is 19.2 Å². The number of oxime groups is 1. The average molecular weight is 540 g/mol. The van der Waals surface area contributed by atoms with E-state index < -0.39 is 23.6 Å². The molecule has 40 heavy (non-hydrogen) atoms. The number of ketones is 2. The molecule has 2 aliphatic carbocycles. The summed E-state index contributed by atoms with van der Waals surface area (Å²) in [5.74, 6) is -0.166. The molecule has 2 aromatic rings. The van der Waals surface area contributed by atoms with Crippen molar-refractivity contribution in [3.8, 4) is 11.1 Å². The Morgan fingerprint density at radius 2 is 1.68 bits per heavy atom. The lowest BCUT2D eigenvalue weighted by Crippen LogP contribution is -2.49. The van der Waals surface area contributed by atoms with E-state index in [0.29, 0.717) is 19.3 Å². The normalized spacial score (nSPS) is 30.8. The molecule has 2 N–H and O–H groups in total. The van der Waals surface area contributed by atoms with Crippen molar-refractivity contribution in [1.29, 1.82) is 0 Å². The lowest BCUT2D eigenvalue weighted by molar-refractivity contribution is -0.140. The molecule has 0 unspecified atom stereocenters. The molecule has 0 aromatic heterocycles. The predicted octanol–water partition coefficient (Wildman–Crippen LogP) is 4.81. The van der Waals surface area contributed by atoms with Crippen LogP contribution in [0.4, 0.5) is 0 Å². The van der Waals surface area contributed by atoms with E-state index in [4.69, 9.17) is 10.6 Å². The molecule has 7 heteroatoms. The van der Waals surface area contributed by atoms with Crippen LogP contribution < -0.4 is 5.73 Å². The highest BCUT2D eigenvalue weighted by atomic mass is 16.6. The molecule has 0 spiro atoms. The minimum absolute atomic E-state index is 0.0464. The number of nitrogens with two attached hydrogens (primary N) is 1. The van der Waals surface area contributed by atoms with Gasteiger partial charge >= 0.3 is 0 Å². The second-order valence-corrected chi connectivity index (χ2v) is 11.8. The van der Waals surface area contributed by atoms with Gasteiger partial charge in [0.1, 0.15) is 17.6 Å². The third kappa shape index (κ3) is 4.81. The summed E-state index contributed by atoms with van der Waals surface area (Å²) < 4.78 is 0. The van der Waals surface area contributed by atoms with Crippen molar-refractivity contribution in [3.63, 3.8) is 0 Å². The number of allylic oxidation sites excluding steroid dienone is 2. The van der Waals surface area contributed by atoms with Crippen molar-refractivity contribution in [3.05, 3.63) is 71.8 Å². The first kappa shape index (κ1) is 26.6. The zero-order chi connectivity index (χ0) is 27.9. The van der Waals surface area contributed by atoms with Crippen molar-refractivity contribution in [2.75, 3.05) is 6.54 Å². The van der Waals surface area contributed by atoms with Crippen LogP contribution in [-0.2, 0) is 19.2 Å². The predicted molar refractivity (Wildman–Crippen MR) is 154 cm³/mol. The molecule has 1 saturated carbocycles. The quantitative estimate of drug-likeness (QED) is 0.380. The van der Waals surface area contributed by atoms with E-state index in [1.165, 1.54) is 0 Å². The van der Waals surface area contributed by atoms with E-state index >= 15 is 0 Å². The van der Waals surface area contributed by atoms with Gasteiger partial charge in [0.25, 0.3) is 0 Å². The number of carbonyl (C=O) groups excluding carboxylic acids is 3. The fraction of sp³-hybridized carbons (Fsp3) is 0.455. The number of nitrogens with zero attached hydrogens (tertiary/aromatic N) is 2. The van der Waals surface area contributed by atoms with Gasteiger partial charge in [0.2, 0.25) is 5.91 Å². The van der Waals surface area contributed by atoms with E-state index in [2.05, 4.69) is 29.4 Å². The maximum atomic E-state index is 13.8. The topological polar surface area (TPSA) is 102 Å². The standard InChI is InChI=1S/C33H37N3O4/c1-21(37)33-18-22(33)11-5-3-2-4-6-16-28(34)32(39)36-20-23(17-29(36)30(38)19-33)40-35-31-26-14-9-7-12-24(26)25-13-8-10-15-27(25)31/h5,7-15,22-23,28-29H,2-4,6,16-20,34H2,1H3/b11-5-/t22-,23-,28+,29+,33+/m1/s1. The van der Waals surface area contributed by atoms with E-state index in [0.717, 1.165) is 53.6 Å². The summed E-state index contributed by atoms with van der Waals surface area (Å²) in [6.07, 6.45) is 9.39. The monoisotopic (exact) mass is 539 g/mol. The van der Waals surface area contributed by atoms with E-state index in [1.54, 1.807) is 11.8 Å². The SMILES string of the molecule is CC(=O)[C@]12CC(=O)[C@@H]3C[C@@H](ON=C4c5ccccc5-c5ccccc54)CN3C(=O)[C@@H](N)CCCCC/C=C\[C@@H]1C2. The van der Waals surface area contributed by atoms with Gasteiger partial charge < -0.3 is 15.5 Å². The Kier molecular flexibility index (Phi) is 7.17. The van der Waals surface area contributed by atoms with Gasteiger partial charge in [-0.25, -0.2) is 0 Å². The number of hydrogen-bond acceptors (Lipinski definition) is 6. The molecule has 0 radical (unpaired) electrons. The molecule has 5 atom stereocenters. The third-order valence-corrected chi connectivity index (χ3v) is 9.26. The van der Waals surface area contributed by atoms with Crippen molar-refractivity contribution in [1.82, 2.24) is 4.90 Å². The fourth-order valence-electron chi connectivity index (χ4n) is 6.79. The van der Waals surface area contributed by atoms with Gasteiger partial charge in [-0.1, -0.05) is 78.7 Å². The van der Waals surface area contributed by atoms with Gasteiger partial charge in [-0.2, -0.15) is 0 Å². The summed E-state index contributed by atoms with van der Waals surface area (Å²) in [6.45, 7) is 1.83. The first-order valence-electron chi connectivity index (χ1n) is 14.6. The molecule has 0 bridgehead atoms. The van der Waals surface area contributed by atoms with E-state index in [9.17, 15) is 14.4 Å². The Labute approximate surface area is 235 Å². The number of hydrogen-bond donors (Lipinski definition) is 1. The van der Waals surface area contributed by atoms with Crippen LogP contribution in [0.5, 0.6) is 0 Å². The van der Waals surface area contributed by atoms with Crippen LogP contribution in [0.1, 0.15) is 69.4 Å². The second kappa shape index (κ2) is 10.8. The number of Topliss-reactive ketones (excluding diaryl/α,β-unsaturated/α-hetero) is 2. The molecule has 2 aliphatic heterocycles. The Morgan fingerprint density at radius 3 is 2.35 bits per heavy atom. The molecular formula is C33H37N3O4. The van der Waals surface area contributed by atoms with Crippen molar-refractivity contribution >= 4 is 23.2 Å². The van der Waals surface area contributed by atoms with Crippen LogP contribution in [0.3, 0.4) is 0 Å². The van der Waals surface area contributed by atoms with Gasteiger partial charge in [-0.15, -0.1) is 0 Å². The van der Waals surface area contributed by atoms with E-state index in [1.807, 2.05) is 36.4 Å². The van der Waals surface area contributed by atoms with Crippen LogP contribution in [0.15, 0.2) is 65.8 Å². The van der Waals surface area contributed by atoms with Crippen LogP contribution >= 0.6 is 0 Å². The zero-order valence-corrected chi connectivity index (χ0v) is 23.1. The average Bonchev–Trinajstić information content (AvgIpc) is 3.33. The smallest absolute Gasteiger partial charge is 0.240 e. The van der Waals surface area contributed by atoms with Crippen molar-refractivity contribution in [2.24, 2.45) is 22.2 Å². The number of amides is 1. The molecule has 1 amide bonds. The van der Waals surface area contributed by atoms with E-state index in [-0.39, 0.29) is 36.4 Å². The Bertz CT molecular complexity index is 1350. The van der Waals surface area contributed by atoms with Gasteiger partial charge in [0.15, 0.2) is 5.78 Å².